The molecule has 0 saturated heterocycles. The third-order valence-corrected chi connectivity index (χ3v) is 5.73. The van der Waals surface area contributed by atoms with Crippen molar-refractivity contribution in [3.8, 4) is 5.75 Å². The maximum Gasteiger partial charge on any atom is 0.338 e. The van der Waals surface area contributed by atoms with Crippen molar-refractivity contribution in [1.29, 1.82) is 0 Å². The minimum atomic E-state index is -0.304. The molecule has 0 atom stereocenters. The van der Waals surface area contributed by atoms with Crippen molar-refractivity contribution in [3.63, 3.8) is 0 Å². The Morgan fingerprint density at radius 1 is 1.09 bits per heavy atom. The van der Waals surface area contributed by atoms with Gasteiger partial charge in [-0.3, -0.25) is 0 Å². The number of rotatable bonds is 3. The first-order valence-corrected chi connectivity index (χ1v) is 9.14. The van der Waals surface area contributed by atoms with Crippen LogP contribution in [-0.2, 0) is 4.74 Å². The highest BCUT2D eigenvalue weighted by Crippen LogP contribution is 2.34. The summed E-state index contributed by atoms with van der Waals surface area (Å²) in [5.41, 5.74) is 0.598. The standard InChI is InChI=1S/C19H21IO3/c1-12-6-8-13(9-7-12)23-17-11-10-14-15(18(17)20)4-3-5-16(14)19(21)22-2/h3-5,10-13H,6-9H2,1-2H3. The lowest BCUT2D eigenvalue weighted by Gasteiger charge is -2.27. The van der Waals surface area contributed by atoms with Gasteiger partial charge in [-0.2, -0.15) is 0 Å². The number of carbonyl (C=O) groups excluding carboxylic acids is 1. The van der Waals surface area contributed by atoms with E-state index in [1.165, 1.54) is 20.0 Å². The third kappa shape index (κ3) is 3.47. The average molecular weight is 424 g/mol. The molecule has 0 heterocycles. The maximum atomic E-state index is 11.9. The van der Waals surface area contributed by atoms with Gasteiger partial charge in [0.05, 0.1) is 22.3 Å². The monoisotopic (exact) mass is 424 g/mol. The Hall–Kier alpha value is -1.30. The van der Waals surface area contributed by atoms with E-state index in [9.17, 15) is 4.79 Å². The second kappa shape index (κ2) is 7.07. The van der Waals surface area contributed by atoms with E-state index in [4.69, 9.17) is 9.47 Å². The fourth-order valence-corrected chi connectivity index (χ4v) is 3.98. The highest BCUT2D eigenvalue weighted by atomic mass is 127. The molecule has 1 fully saturated rings. The predicted molar refractivity (Wildman–Crippen MR) is 100 cm³/mol. The lowest BCUT2D eigenvalue weighted by atomic mass is 9.89. The molecule has 0 unspecified atom stereocenters. The number of fused-ring (bicyclic) bond motifs is 1. The smallest absolute Gasteiger partial charge is 0.338 e. The average Bonchev–Trinajstić information content (AvgIpc) is 2.58. The lowest BCUT2D eigenvalue weighted by Crippen LogP contribution is -2.23. The fourth-order valence-electron chi connectivity index (χ4n) is 3.21. The summed E-state index contributed by atoms with van der Waals surface area (Å²) in [5, 5.41) is 1.95. The summed E-state index contributed by atoms with van der Waals surface area (Å²) in [6, 6.07) is 9.66. The van der Waals surface area contributed by atoms with Gasteiger partial charge in [-0.05, 0) is 83.2 Å². The van der Waals surface area contributed by atoms with Gasteiger partial charge in [-0.25, -0.2) is 4.79 Å². The molecule has 2 aromatic rings. The Kier molecular flexibility index (Phi) is 5.09. The molecule has 4 heteroatoms. The molecule has 0 spiro atoms. The van der Waals surface area contributed by atoms with Gasteiger partial charge in [-0.1, -0.05) is 19.1 Å². The number of methoxy groups -OCH3 is 1. The van der Waals surface area contributed by atoms with Crippen molar-refractivity contribution in [2.75, 3.05) is 7.11 Å². The molecule has 2 aromatic carbocycles. The molecular weight excluding hydrogens is 403 g/mol. The van der Waals surface area contributed by atoms with Crippen LogP contribution in [0.1, 0.15) is 43.0 Å². The number of benzene rings is 2. The first-order chi connectivity index (χ1) is 11.1. The van der Waals surface area contributed by atoms with Crippen molar-refractivity contribution in [2.45, 2.75) is 38.7 Å². The fraction of sp³-hybridized carbons (Fsp3) is 0.421. The Labute approximate surface area is 150 Å². The zero-order valence-corrected chi connectivity index (χ0v) is 15.6. The lowest BCUT2D eigenvalue weighted by molar-refractivity contribution is 0.0603. The van der Waals surface area contributed by atoms with E-state index in [0.717, 1.165) is 38.9 Å². The predicted octanol–water partition coefficient (Wildman–Crippen LogP) is 5.19. The van der Waals surface area contributed by atoms with E-state index in [2.05, 4.69) is 29.5 Å². The molecule has 1 aliphatic rings. The summed E-state index contributed by atoms with van der Waals surface area (Å²) in [7, 11) is 1.41. The van der Waals surface area contributed by atoms with Crippen molar-refractivity contribution < 1.29 is 14.3 Å². The van der Waals surface area contributed by atoms with Crippen molar-refractivity contribution in [2.24, 2.45) is 5.92 Å². The molecule has 23 heavy (non-hydrogen) atoms. The molecule has 0 bridgehead atoms. The van der Waals surface area contributed by atoms with E-state index in [1.54, 1.807) is 6.07 Å². The highest BCUT2D eigenvalue weighted by Gasteiger charge is 2.21. The normalized spacial score (nSPS) is 21.2. The van der Waals surface area contributed by atoms with E-state index in [0.29, 0.717) is 11.7 Å². The first kappa shape index (κ1) is 16.6. The largest absolute Gasteiger partial charge is 0.489 e. The molecule has 3 nitrogen and oxygen atoms in total. The highest BCUT2D eigenvalue weighted by molar-refractivity contribution is 14.1. The summed E-state index contributed by atoms with van der Waals surface area (Å²) >= 11 is 2.31. The Balaban J connectivity index is 1.91. The number of ether oxygens (including phenoxy) is 2. The quantitative estimate of drug-likeness (QED) is 0.503. The second-order valence-electron chi connectivity index (χ2n) is 6.27. The van der Waals surface area contributed by atoms with Gasteiger partial charge in [0.15, 0.2) is 0 Å². The molecular formula is C19H21IO3. The minimum absolute atomic E-state index is 0.304. The summed E-state index contributed by atoms with van der Waals surface area (Å²) in [4.78, 5) is 11.9. The zero-order chi connectivity index (χ0) is 16.4. The van der Waals surface area contributed by atoms with Gasteiger partial charge in [0.2, 0.25) is 0 Å². The molecule has 0 aliphatic heterocycles. The Morgan fingerprint density at radius 3 is 2.52 bits per heavy atom. The Morgan fingerprint density at radius 2 is 1.83 bits per heavy atom. The number of hydrogen-bond donors (Lipinski definition) is 0. The zero-order valence-electron chi connectivity index (χ0n) is 13.5. The van der Waals surface area contributed by atoms with Crippen LogP contribution in [0.15, 0.2) is 30.3 Å². The van der Waals surface area contributed by atoms with Crippen molar-refractivity contribution in [1.82, 2.24) is 0 Å². The van der Waals surface area contributed by atoms with Crippen LogP contribution in [0.5, 0.6) is 5.75 Å². The van der Waals surface area contributed by atoms with Gasteiger partial charge in [0, 0.05) is 0 Å². The number of hydrogen-bond acceptors (Lipinski definition) is 3. The summed E-state index contributed by atoms with van der Waals surface area (Å²) in [6.07, 6.45) is 5.03. The molecule has 3 rings (SSSR count). The number of esters is 1. The molecule has 0 aromatic heterocycles. The topological polar surface area (TPSA) is 35.5 Å². The van der Waals surface area contributed by atoms with Crippen LogP contribution in [0.2, 0.25) is 0 Å². The van der Waals surface area contributed by atoms with Crippen LogP contribution in [0.4, 0.5) is 0 Å². The molecule has 122 valence electrons. The summed E-state index contributed by atoms with van der Waals surface area (Å²) in [5.74, 6) is 1.43. The SMILES string of the molecule is COC(=O)c1cccc2c(I)c(OC3CCC(C)CC3)ccc12. The summed E-state index contributed by atoms with van der Waals surface area (Å²) in [6.45, 7) is 2.31. The van der Waals surface area contributed by atoms with E-state index in [-0.39, 0.29) is 5.97 Å². The van der Waals surface area contributed by atoms with Crippen LogP contribution >= 0.6 is 22.6 Å². The van der Waals surface area contributed by atoms with Gasteiger partial charge in [-0.15, -0.1) is 0 Å². The Bertz CT molecular complexity index is 718. The van der Waals surface area contributed by atoms with Gasteiger partial charge >= 0.3 is 5.97 Å². The van der Waals surface area contributed by atoms with E-state index >= 15 is 0 Å². The molecule has 0 N–H and O–H groups in total. The number of carbonyl (C=O) groups is 1. The number of halogens is 1. The van der Waals surface area contributed by atoms with Crippen LogP contribution in [-0.4, -0.2) is 19.2 Å². The minimum Gasteiger partial charge on any atom is -0.489 e. The maximum absolute atomic E-state index is 11.9. The summed E-state index contributed by atoms with van der Waals surface area (Å²) < 4.78 is 12.2. The van der Waals surface area contributed by atoms with Crippen LogP contribution in [0, 0.1) is 9.49 Å². The van der Waals surface area contributed by atoms with Gasteiger partial charge in [0.25, 0.3) is 0 Å². The van der Waals surface area contributed by atoms with E-state index in [1.807, 2.05) is 24.3 Å². The van der Waals surface area contributed by atoms with Crippen LogP contribution in [0.25, 0.3) is 10.8 Å². The van der Waals surface area contributed by atoms with Crippen LogP contribution < -0.4 is 4.74 Å². The van der Waals surface area contributed by atoms with Gasteiger partial charge in [0.1, 0.15) is 5.75 Å². The third-order valence-electron chi connectivity index (χ3n) is 4.62. The molecule has 0 amide bonds. The van der Waals surface area contributed by atoms with Crippen molar-refractivity contribution >= 4 is 39.3 Å². The molecule has 1 aliphatic carbocycles. The molecule has 1 saturated carbocycles. The second-order valence-corrected chi connectivity index (χ2v) is 7.35. The van der Waals surface area contributed by atoms with E-state index < -0.39 is 0 Å². The van der Waals surface area contributed by atoms with Crippen molar-refractivity contribution in [3.05, 3.63) is 39.5 Å². The van der Waals surface area contributed by atoms with Crippen LogP contribution in [0.3, 0.4) is 0 Å². The molecule has 0 radical (unpaired) electrons. The van der Waals surface area contributed by atoms with Gasteiger partial charge < -0.3 is 9.47 Å². The first-order valence-electron chi connectivity index (χ1n) is 8.06.